The molecule has 1 aliphatic heterocycles. The van der Waals surface area contributed by atoms with Gasteiger partial charge in [0.15, 0.2) is 0 Å². The predicted molar refractivity (Wildman–Crippen MR) is 114 cm³/mol. The Morgan fingerprint density at radius 3 is 2.69 bits per heavy atom. The highest BCUT2D eigenvalue weighted by molar-refractivity contribution is 5.97. The van der Waals surface area contributed by atoms with Gasteiger partial charge >= 0.3 is 0 Å². The highest BCUT2D eigenvalue weighted by atomic mass is 16.5. The van der Waals surface area contributed by atoms with Crippen LogP contribution in [0.1, 0.15) is 40.4 Å². The van der Waals surface area contributed by atoms with Crippen molar-refractivity contribution in [1.29, 1.82) is 0 Å². The summed E-state index contributed by atoms with van der Waals surface area (Å²) in [4.78, 5) is 19.8. The minimum atomic E-state index is 0.0192. The highest BCUT2D eigenvalue weighted by Gasteiger charge is 2.28. The first-order chi connectivity index (χ1) is 14.1. The third-order valence-electron chi connectivity index (χ3n) is 5.83. The van der Waals surface area contributed by atoms with Gasteiger partial charge in [-0.3, -0.25) is 9.78 Å². The van der Waals surface area contributed by atoms with Crippen molar-refractivity contribution in [1.82, 2.24) is 9.88 Å². The molecule has 5 heteroatoms. The Morgan fingerprint density at radius 1 is 1.10 bits per heavy atom. The molecule has 1 aromatic heterocycles. The number of piperidine rings is 1. The summed E-state index contributed by atoms with van der Waals surface area (Å²) < 4.78 is 10.9. The van der Waals surface area contributed by atoms with Gasteiger partial charge < -0.3 is 14.4 Å². The molecule has 0 bridgehead atoms. The van der Waals surface area contributed by atoms with Gasteiger partial charge in [0, 0.05) is 36.3 Å². The minimum Gasteiger partial charge on any atom is -0.496 e. The standard InChI is InChI=1S/C24H26N2O3/c1-16-20-13-21(25-14-17(20)10-11-22(16)28-2)18-7-6-12-26(15-18)24(27)19-8-4-5-9-23(19)29-3/h4-5,8-11,13-14,18H,6-7,12,15H2,1-3H3. The quantitative estimate of drug-likeness (QED) is 0.654. The van der Waals surface area contributed by atoms with Crippen molar-refractivity contribution in [2.24, 2.45) is 0 Å². The number of para-hydroxylation sites is 1. The van der Waals surface area contributed by atoms with Gasteiger partial charge in [0.25, 0.3) is 5.91 Å². The maximum atomic E-state index is 13.1. The summed E-state index contributed by atoms with van der Waals surface area (Å²) in [5.41, 5.74) is 2.76. The number of ether oxygens (including phenoxy) is 2. The molecule has 0 spiro atoms. The van der Waals surface area contributed by atoms with E-state index in [0.29, 0.717) is 17.9 Å². The number of methoxy groups -OCH3 is 2. The molecule has 2 aromatic carbocycles. The lowest BCUT2D eigenvalue weighted by Crippen LogP contribution is -2.39. The van der Waals surface area contributed by atoms with Gasteiger partial charge in [0.1, 0.15) is 11.5 Å². The van der Waals surface area contributed by atoms with Crippen LogP contribution in [-0.2, 0) is 0 Å². The van der Waals surface area contributed by atoms with Gasteiger partial charge in [-0.25, -0.2) is 0 Å². The Kier molecular flexibility index (Phi) is 5.38. The lowest BCUT2D eigenvalue weighted by molar-refractivity contribution is 0.0702. The molecule has 150 valence electrons. The van der Waals surface area contributed by atoms with Crippen LogP contribution in [0.25, 0.3) is 10.8 Å². The Labute approximate surface area is 171 Å². The number of pyridine rings is 1. The number of aryl methyl sites for hydroxylation is 1. The molecule has 1 saturated heterocycles. The first kappa shape index (κ1) is 19.2. The summed E-state index contributed by atoms with van der Waals surface area (Å²) >= 11 is 0. The molecule has 1 atom stereocenters. The van der Waals surface area contributed by atoms with Crippen molar-refractivity contribution < 1.29 is 14.3 Å². The Balaban J connectivity index is 1.61. The zero-order chi connectivity index (χ0) is 20.4. The van der Waals surface area contributed by atoms with E-state index in [0.717, 1.165) is 47.2 Å². The van der Waals surface area contributed by atoms with Crippen LogP contribution in [0.5, 0.6) is 11.5 Å². The lowest BCUT2D eigenvalue weighted by Gasteiger charge is -2.33. The maximum absolute atomic E-state index is 13.1. The van der Waals surface area contributed by atoms with Gasteiger partial charge in [-0.15, -0.1) is 0 Å². The largest absolute Gasteiger partial charge is 0.496 e. The fraction of sp³-hybridized carbons (Fsp3) is 0.333. The van der Waals surface area contributed by atoms with Gasteiger partial charge in [0.2, 0.25) is 0 Å². The van der Waals surface area contributed by atoms with Gasteiger partial charge in [-0.1, -0.05) is 12.1 Å². The fourth-order valence-electron chi connectivity index (χ4n) is 4.20. The summed E-state index contributed by atoms with van der Waals surface area (Å²) in [6, 6.07) is 13.6. The molecule has 3 aromatic rings. The topological polar surface area (TPSA) is 51.7 Å². The minimum absolute atomic E-state index is 0.0192. The zero-order valence-electron chi connectivity index (χ0n) is 17.1. The molecule has 0 N–H and O–H groups in total. The number of likely N-dealkylation sites (tertiary alicyclic amines) is 1. The molecule has 5 nitrogen and oxygen atoms in total. The number of fused-ring (bicyclic) bond motifs is 1. The van der Waals surface area contributed by atoms with Crippen LogP contribution in [-0.4, -0.2) is 43.1 Å². The SMILES string of the molecule is COc1ccccc1C(=O)N1CCCC(c2cc3c(C)c(OC)ccc3cn2)C1. The summed E-state index contributed by atoms with van der Waals surface area (Å²) in [7, 11) is 3.29. The van der Waals surface area contributed by atoms with Crippen molar-refractivity contribution in [3.63, 3.8) is 0 Å². The normalized spacial score (nSPS) is 16.7. The van der Waals surface area contributed by atoms with Crippen LogP contribution in [0.15, 0.2) is 48.7 Å². The molecule has 4 rings (SSSR count). The summed E-state index contributed by atoms with van der Waals surface area (Å²) in [6.07, 6.45) is 3.91. The average molecular weight is 390 g/mol. The van der Waals surface area contributed by atoms with Gasteiger partial charge in [-0.05, 0) is 61.0 Å². The van der Waals surface area contributed by atoms with Crippen molar-refractivity contribution in [3.8, 4) is 11.5 Å². The molecule has 1 fully saturated rings. The van der Waals surface area contributed by atoms with Crippen LogP contribution in [0, 0.1) is 6.92 Å². The van der Waals surface area contributed by atoms with Crippen molar-refractivity contribution in [2.45, 2.75) is 25.7 Å². The second-order valence-corrected chi connectivity index (χ2v) is 7.51. The number of carbonyl (C=O) groups is 1. The molecule has 1 amide bonds. The molecular formula is C24H26N2O3. The number of carbonyl (C=O) groups excluding carboxylic acids is 1. The van der Waals surface area contributed by atoms with E-state index in [1.54, 1.807) is 14.2 Å². The van der Waals surface area contributed by atoms with E-state index >= 15 is 0 Å². The number of benzene rings is 2. The average Bonchev–Trinajstić information content (AvgIpc) is 2.79. The van der Waals surface area contributed by atoms with E-state index in [1.807, 2.05) is 47.5 Å². The van der Waals surface area contributed by atoms with Gasteiger partial charge in [-0.2, -0.15) is 0 Å². The first-order valence-corrected chi connectivity index (χ1v) is 9.98. The molecule has 1 aliphatic rings. The Hall–Kier alpha value is -3.08. The molecular weight excluding hydrogens is 364 g/mol. The summed E-state index contributed by atoms with van der Waals surface area (Å²) in [6.45, 7) is 3.50. The number of hydrogen-bond donors (Lipinski definition) is 0. The van der Waals surface area contributed by atoms with E-state index < -0.39 is 0 Å². The second kappa shape index (κ2) is 8.11. The number of nitrogens with zero attached hydrogens (tertiary/aromatic N) is 2. The molecule has 29 heavy (non-hydrogen) atoms. The molecule has 0 aliphatic carbocycles. The number of amides is 1. The zero-order valence-corrected chi connectivity index (χ0v) is 17.1. The Morgan fingerprint density at radius 2 is 1.90 bits per heavy atom. The number of rotatable bonds is 4. The smallest absolute Gasteiger partial charge is 0.257 e. The van der Waals surface area contributed by atoms with Crippen LogP contribution < -0.4 is 9.47 Å². The third kappa shape index (κ3) is 3.65. The van der Waals surface area contributed by atoms with Crippen LogP contribution in [0.2, 0.25) is 0 Å². The first-order valence-electron chi connectivity index (χ1n) is 9.98. The molecule has 1 unspecified atom stereocenters. The van der Waals surface area contributed by atoms with Crippen LogP contribution in [0.4, 0.5) is 0 Å². The van der Waals surface area contributed by atoms with Crippen molar-refractivity contribution in [2.75, 3.05) is 27.3 Å². The number of aromatic nitrogens is 1. The van der Waals surface area contributed by atoms with Gasteiger partial charge in [0.05, 0.1) is 19.8 Å². The molecule has 0 saturated carbocycles. The molecule has 2 heterocycles. The number of hydrogen-bond acceptors (Lipinski definition) is 4. The van der Waals surface area contributed by atoms with Crippen LogP contribution >= 0.6 is 0 Å². The Bertz CT molecular complexity index is 1050. The third-order valence-corrected chi connectivity index (χ3v) is 5.83. The monoisotopic (exact) mass is 390 g/mol. The van der Waals surface area contributed by atoms with Crippen molar-refractivity contribution >= 4 is 16.7 Å². The van der Waals surface area contributed by atoms with E-state index in [9.17, 15) is 4.79 Å². The summed E-state index contributed by atoms with van der Waals surface area (Å²) in [5, 5.41) is 2.26. The second-order valence-electron chi connectivity index (χ2n) is 7.51. The lowest BCUT2D eigenvalue weighted by atomic mass is 9.92. The summed E-state index contributed by atoms with van der Waals surface area (Å²) in [5.74, 6) is 1.74. The van der Waals surface area contributed by atoms with E-state index in [2.05, 4.69) is 13.0 Å². The molecule has 0 radical (unpaired) electrons. The van der Waals surface area contributed by atoms with Crippen molar-refractivity contribution in [3.05, 3.63) is 65.5 Å². The maximum Gasteiger partial charge on any atom is 0.257 e. The van der Waals surface area contributed by atoms with E-state index in [4.69, 9.17) is 14.5 Å². The fourth-order valence-corrected chi connectivity index (χ4v) is 4.20. The van der Waals surface area contributed by atoms with E-state index in [1.165, 1.54) is 0 Å². The van der Waals surface area contributed by atoms with Crippen LogP contribution in [0.3, 0.4) is 0 Å². The highest BCUT2D eigenvalue weighted by Crippen LogP contribution is 2.32. The van der Waals surface area contributed by atoms with E-state index in [-0.39, 0.29) is 11.8 Å². The predicted octanol–water partition coefficient (Wildman–Crippen LogP) is 4.58.